The first-order valence-electron chi connectivity index (χ1n) is 11.8. The highest BCUT2D eigenvalue weighted by molar-refractivity contribution is 5.31. The first-order valence-corrected chi connectivity index (χ1v) is 11.8. The number of hydrogen-bond donors (Lipinski definition) is 0. The van der Waals surface area contributed by atoms with Gasteiger partial charge in [0, 0.05) is 12.5 Å². The van der Waals surface area contributed by atoms with E-state index < -0.39 is 0 Å². The van der Waals surface area contributed by atoms with Gasteiger partial charge in [-0.1, -0.05) is 77.9 Å². The molecule has 0 saturated carbocycles. The fourth-order valence-electron chi connectivity index (χ4n) is 3.99. The fourth-order valence-corrected chi connectivity index (χ4v) is 3.99. The van der Waals surface area contributed by atoms with Crippen LogP contribution in [-0.2, 0) is 17.4 Å². The smallest absolute Gasteiger partial charge is 0.139 e. The molecule has 0 spiro atoms. The van der Waals surface area contributed by atoms with E-state index in [0.29, 0.717) is 12.3 Å². The molecule has 4 heteroatoms. The van der Waals surface area contributed by atoms with Crippen molar-refractivity contribution >= 4 is 0 Å². The maximum absolute atomic E-state index is 9.40. The molecule has 0 aliphatic carbocycles. The number of imidazole rings is 1. The van der Waals surface area contributed by atoms with Crippen molar-refractivity contribution < 1.29 is 4.74 Å². The second-order valence-electron chi connectivity index (χ2n) is 10.9. The number of ether oxygens (including phenoxy) is 1. The molecule has 3 aromatic rings. The lowest BCUT2D eigenvalue weighted by atomic mass is 9.85. The van der Waals surface area contributed by atoms with Crippen molar-refractivity contribution in [3.05, 3.63) is 83.4 Å². The van der Waals surface area contributed by atoms with Gasteiger partial charge in [-0.3, -0.25) is 0 Å². The summed E-state index contributed by atoms with van der Waals surface area (Å²) < 4.78 is 7.99. The Morgan fingerprint density at radius 2 is 1.48 bits per heavy atom. The molecule has 0 fully saturated rings. The molecule has 1 atom stereocenters. The van der Waals surface area contributed by atoms with Crippen molar-refractivity contribution in [1.82, 2.24) is 9.55 Å². The van der Waals surface area contributed by atoms with Crippen LogP contribution in [0.1, 0.15) is 82.7 Å². The van der Waals surface area contributed by atoms with Crippen LogP contribution in [0.2, 0.25) is 0 Å². The molecule has 33 heavy (non-hydrogen) atoms. The molecule has 3 rings (SSSR count). The van der Waals surface area contributed by atoms with Crippen LogP contribution in [-0.4, -0.2) is 16.2 Å². The number of nitrogens with zero attached hydrogens (tertiary/aromatic N) is 3. The van der Waals surface area contributed by atoms with Crippen molar-refractivity contribution in [1.29, 1.82) is 5.26 Å². The zero-order chi connectivity index (χ0) is 24.1. The van der Waals surface area contributed by atoms with Gasteiger partial charge >= 0.3 is 0 Å². The maximum Gasteiger partial charge on any atom is 0.139 e. The van der Waals surface area contributed by atoms with Crippen LogP contribution in [0, 0.1) is 11.3 Å². The van der Waals surface area contributed by atoms with Crippen LogP contribution >= 0.6 is 0 Å². The highest BCUT2D eigenvalue weighted by Gasteiger charge is 2.18. The van der Waals surface area contributed by atoms with Crippen LogP contribution in [0.5, 0.6) is 5.75 Å². The summed E-state index contributed by atoms with van der Waals surface area (Å²) >= 11 is 0. The molecule has 0 aliphatic rings. The SMILES string of the molecule is CC(C)(C)c1ccc(OCCCC(Cn2cncc2C#N)c2ccc(C(C)(C)C)cc2)cc1. The van der Waals surface area contributed by atoms with E-state index >= 15 is 0 Å². The predicted octanol–water partition coefficient (Wildman–Crippen LogP) is 6.99. The summed E-state index contributed by atoms with van der Waals surface area (Å²) in [5, 5.41) is 9.40. The molecule has 1 heterocycles. The highest BCUT2D eigenvalue weighted by atomic mass is 16.5. The summed E-state index contributed by atoms with van der Waals surface area (Å²) in [7, 11) is 0. The third-order valence-corrected chi connectivity index (χ3v) is 6.18. The molecule has 2 aromatic carbocycles. The molecule has 4 nitrogen and oxygen atoms in total. The van der Waals surface area contributed by atoms with E-state index in [-0.39, 0.29) is 16.7 Å². The van der Waals surface area contributed by atoms with Gasteiger partial charge in [-0.2, -0.15) is 5.26 Å². The lowest BCUT2D eigenvalue weighted by Gasteiger charge is -2.22. The van der Waals surface area contributed by atoms with Gasteiger partial charge in [0.2, 0.25) is 0 Å². The second-order valence-corrected chi connectivity index (χ2v) is 10.9. The largest absolute Gasteiger partial charge is 0.494 e. The van der Waals surface area contributed by atoms with Gasteiger partial charge in [0.05, 0.1) is 19.1 Å². The molecule has 1 aromatic heterocycles. The van der Waals surface area contributed by atoms with Crippen molar-refractivity contribution in [2.45, 2.75) is 77.7 Å². The number of benzene rings is 2. The monoisotopic (exact) mass is 443 g/mol. The third kappa shape index (κ3) is 6.71. The number of nitriles is 1. The summed E-state index contributed by atoms with van der Waals surface area (Å²) in [4.78, 5) is 4.16. The number of hydrogen-bond acceptors (Lipinski definition) is 3. The molecule has 0 radical (unpaired) electrons. The molecule has 1 unspecified atom stereocenters. The third-order valence-electron chi connectivity index (χ3n) is 6.18. The highest BCUT2D eigenvalue weighted by Crippen LogP contribution is 2.29. The van der Waals surface area contributed by atoms with E-state index in [1.165, 1.54) is 16.7 Å². The van der Waals surface area contributed by atoms with Crippen LogP contribution < -0.4 is 4.74 Å². The average molecular weight is 444 g/mol. The summed E-state index contributed by atoms with van der Waals surface area (Å²) in [5.74, 6) is 1.20. The Balaban J connectivity index is 1.66. The van der Waals surface area contributed by atoms with Crippen LogP contribution in [0.15, 0.2) is 61.1 Å². The van der Waals surface area contributed by atoms with E-state index in [1.54, 1.807) is 12.5 Å². The Morgan fingerprint density at radius 3 is 2.03 bits per heavy atom. The molecule has 174 valence electrons. The summed E-state index contributed by atoms with van der Waals surface area (Å²) in [6, 6.07) is 19.6. The van der Waals surface area contributed by atoms with E-state index in [2.05, 4.69) is 101 Å². The van der Waals surface area contributed by atoms with Gasteiger partial charge in [-0.05, 0) is 52.5 Å². The lowest BCUT2D eigenvalue weighted by Crippen LogP contribution is -2.14. The molecule has 0 saturated heterocycles. The number of aromatic nitrogens is 2. The second kappa shape index (κ2) is 10.3. The van der Waals surface area contributed by atoms with Crippen molar-refractivity contribution in [2.75, 3.05) is 6.61 Å². The number of rotatable bonds is 8. The summed E-state index contributed by atoms with van der Waals surface area (Å²) in [6.07, 6.45) is 5.29. The Hall–Kier alpha value is -3.06. The van der Waals surface area contributed by atoms with Crippen molar-refractivity contribution in [3.63, 3.8) is 0 Å². The molecular weight excluding hydrogens is 406 g/mol. The Kier molecular flexibility index (Phi) is 7.64. The lowest BCUT2D eigenvalue weighted by molar-refractivity contribution is 0.298. The van der Waals surface area contributed by atoms with Crippen molar-refractivity contribution in [2.24, 2.45) is 0 Å². The Morgan fingerprint density at radius 1 is 0.909 bits per heavy atom. The van der Waals surface area contributed by atoms with E-state index in [4.69, 9.17) is 4.74 Å². The zero-order valence-electron chi connectivity index (χ0n) is 20.9. The fraction of sp³-hybridized carbons (Fsp3) is 0.448. The van der Waals surface area contributed by atoms with Gasteiger partial charge in [0.1, 0.15) is 17.5 Å². The quantitative estimate of drug-likeness (QED) is 0.352. The average Bonchev–Trinajstić information content (AvgIpc) is 3.22. The normalized spacial score (nSPS) is 12.9. The minimum absolute atomic E-state index is 0.128. The summed E-state index contributed by atoms with van der Waals surface area (Å²) in [5.41, 5.74) is 4.79. The summed E-state index contributed by atoms with van der Waals surface area (Å²) in [6.45, 7) is 14.7. The van der Waals surface area contributed by atoms with Gasteiger partial charge < -0.3 is 9.30 Å². The van der Waals surface area contributed by atoms with Gasteiger partial charge in [-0.15, -0.1) is 0 Å². The topological polar surface area (TPSA) is 50.8 Å². The maximum atomic E-state index is 9.40. The minimum Gasteiger partial charge on any atom is -0.494 e. The van der Waals surface area contributed by atoms with E-state index in [0.717, 1.165) is 25.1 Å². The molecule has 0 bridgehead atoms. The first kappa shape index (κ1) is 24.6. The van der Waals surface area contributed by atoms with Gasteiger partial charge in [0.25, 0.3) is 0 Å². The van der Waals surface area contributed by atoms with Crippen LogP contribution in [0.3, 0.4) is 0 Å². The molecule has 0 amide bonds. The predicted molar refractivity (Wildman–Crippen MR) is 135 cm³/mol. The Bertz CT molecular complexity index is 1060. The molecule has 0 N–H and O–H groups in total. The molecule has 0 aliphatic heterocycles. The van der Waals surface area contributed by atoms with Gasteiger partial charge in [-0.25, -0.2) is 4.98 Å². The van der Waals surface area contributed by atoms with Crippen LogP contribution in [0.25, 0.3) is 0 Å². The zero-order valence-corrected chi connectivity index (χ0v) is 20.9. The standard InChI is InChI=1S/C29H37N3O/c1-28(2,3)24-11-9-22(10-12-24)23(20-32-21-31-19-26(32)18-30)8-7-17-33-27-15-13-25(14-16-27)29(4,5)6/h9-16,19,21,23H,7-8,17,20H2,1-6H3. The minimum atomic E-state index is 0.128. The van der Waals surface area contributed by atoms with Crippen molar-refractivity contribution in [3.8, 4) is 11.8 Å². The van der Waals surface area contributed by atoms with Gasteiger partial charge in [0.15, 0.2) is 0 Å². The Labute approximate surface area is 199 Å². The van der Waals surface area contributed by atoms with Crippen LogP contribution in [0.4, 0.5) is 0 Å². The first-order chi connectivity index (χ1) is 15.6. The van der Waals surface area contributed by atoms with E-state index in [9.17, 15) is 5.26 Å². The molecular formula is C29H37N3O. The van der Waals surface area contributed by atoms with E-state index in [1.807, 2.05) is 4.57 Å².